The van der Waals surface area contributed by atoms with Gasteiger partial charge in [-0.2, -0.15) is 0 Å². The molecule has 1 fully saturated rings. The third-order valence-corrected chi connectivity index (χ3v) is 5.86. The van der Waals surface area contributed by atoms with Gasteiger partial charge in [-0.1, -0.05) is 6.92 Å². The van der Waals surface area contributed by atoms with Crippen LogP contribution in [-0.2, 0) is 12.8 Å². The number of hydrogen-bond donors (Lipinski definition) is 0. The average Bonchev–Trinajstić information content (AvgIpc) is 3.40. The highest BCUT2D eigenvalue weighted by Gasteiger charge is 2.33. The van der Waals surface area contributed by atoms with E-state index in [0.29, 0.717) is 5.92 Å². The lowest BCUT2D eigenvalue weighted by Crippen LogP contribution is -2.37. The van der Waals surface area contributed by atoms with Gasteiger partial charge in [-0.05, 0) is 62.3 Å². The molecule has 5 rings (SSSR count). The minimum atomic E-state index is 0.244. The summed E-state index contributed by atoms with van der Waals surface area (Å²) in [7, 11) is 0. The van der Waals surface area contributed by atoms with Gasteiger partial charge in [-0.15, -0.1) is 0 Å². The molecule has 27 heavy (non-hydrogen) atoms. The van der Waals surface area contributed by atoms with Crippen molar-refractivity contribution in [3.05, 3.63) is 59.9 Å². The Labute approximate surface area is 159 Å². The SMILES string of the molecule is CC1CCN(c2nc(-c3ccncc3)nc3c2CCC3)C(c2ccco2)C1. The molecule has 0 N–H and O–H groups in total. The molecule has 4 heterocycles. The number of aryl methyl sites for hydroxylation is 1. The second-order valence-corrected chi connectivity index (χ2v) is 7.74. The molecule has 3 aromatic rings. The normalized spacial score (nSPS) is 22.0. The zero-order chi connectivity index (χ0) is 18.2. The van der Waals surface area contributed by atoms with Gasteiger partial charge in [0, 0.05) is 35.8 Å². The van der Waals surface area contributed by atoms with Crippen molar-refractivity contribution < 1.29 is 4.42 Å². The van der Waals surface area contributed by atoms with E-state index in [2.05, 4.69) is 22.9 Å². The molecule has 5 nitrogen and oxygen atoms in total. The van der Waals surface area contributed by atoms with Crippen LogP contribution >= 0.6 is 0 Å². The van der Waals surface area contributed by atoms with Crippen molar-refractivity contribution in [3.63, 3.8) is 0 Å². The van der Waals surface area contributed by atoms with Crippen LogP contribution < -0.4 is 4.90 Å². The second kappa shape index (κ2) is 6.80. The van der Waals surface area contributed by atoms with Crippen molar-refractivity contribution in [2.24, 2.45) is 5.92 Å². The topological polar surface area (TPSA) is 55.1 Å². The van der Waals surface area contributed by atoms with Crippen molar-refractivity contribution in [2.45, 2.75) is 45.1 Å². The van der Waals surface area contributed by atoms with Crippen LogP contribution in [0.4, 0.5) is 5.82 Å². The van der Waals surface area contributed by atoms with E-state index in [0.717, 1.165) is 55.2 Å². The molecule has 0 amide bonds. The Balaban J connectivity index is 1.62. The second-order valence-electron chi connectivity index (χ2n) is 7.74. The Morgan fingerprint density at radius 1 is 1.11 bits per heavy atom. The summed E-state index contributed by atoms with van der Waals surface area (Å²) in [6.45, 7) is 3.34. The monoisotopic (exact) mass is 360 g/mol. The van der Waals surface area contributed by atoms with E-state index >= 15 is 0 Å². The van der Waals surface area contributed by atoms with Gasteiger partial charge in [0.1, 0.15) is 11.6 Å². The fourth-order valence-corrected chi connectivity index (χ4v) is 4.43. The number of aromatic nitrogens is 3. The maximum atomic E-state index is 5.81. The minimum absolute atomic E-state index is 0.244. The van der Waals surface area contributed by atoms with Gasteiger partial charge in [0.2, 0.25) is 0 Å². The molecule has 0 saturated carbocycles. The molecule has 5 heteroatoms. The number of piperidine rings is 1. The van der Waals surface area contributed by atoms with Crippen molar-refractivity contribution in [2.75, 3.05) is 11.4 Å². The predicted molar refractivity (Wildman–Crippen MR) is 104 cm³/mol. The summed E-state index contributed by atoms with van der Waals surface area (Å²) in [6, 6.07) is 8.31. The molecule has 2 aliphatic rings. The van der Waals surface area contributed by atoms with Gasteiger partial charge in [0.05, 0.1) is 12.3 Å². The highest BCUT2D eigenvalue weighted by molar-refractivity contribution is 5.61. The first kappa shape index (κ1) is 16.5. The molecule has 0 aromatic carbocycles. The Morgan fingerprint density at radius 3 is 2.81 bits per heavy atom. The summed E-state index contributed by atoms with van der Waals surface area (Å²) in [4.78, 5) is 16.6. The van der Waals surface area contributed by atoms with Crippen LogP contribution in [0.5, 0.6) is 0 Å². The first-order chi connectivity index (χ1) is 13.3. The number of hydrogen-bond acceptors (Lipinski definition) is 5. The van der Waals surface area contributed by atoms with E-state index in [1.54, 1.807) is 18.7 Å². The van der Waals surface area contributed by atoms with Crippen molar-refractivity contribution in [1.82, 2.24) is 15.0 Å². The van der Waals surface area contributed by atoms with Crippen LogP contribution in [0.2, 0.25) is 0 Å². The summed E-state index contributed by atoms with van der Waals surface area (Å²) >= 11 is 0. The molecule has 138 valence electrons. The standard InChI is InChI=1S/C22H24N4O/c1-15-9-12-26(19(14-15)20-6-3-13-27-20)22-17-4-2-5-18(17)24-21(25-22)16-7-10-23-11-8-16/h3,6-8,10-11,13,15,19H,2,4-5,9,12,14H2,1H3. The highest BCUT2D eigenvalue weighted by atomic mass is 16.3. The number of anilines is 1. The van der Waals surface area contributed by atoms with Crippen LogP contribution in [0.3, 0.4) is 0 Å². The Kier molecular flexibility index (Phi) is 4.15. The van der Waals surface area contributed by atoms with Crippen LogP contribution in [0.1, 0.15) is 49.2 Å². The summed E-state index contributed by atoms with van der Waals surface area (Å²) in [6.07, 6.45) is 10.9. The maximum absolute atomic E-state index is 5.81. The Bertz CT molecular complexity index is 923. The van der Waals surface area contributed by atoms with Gasteiger partial charge in [-0.3, -0.25) is 4.98 Å². The lowest BCUT2D eigenvalue weighted by atomic mass is 9.90. The van der Waals surface area contributed by atoms with Gasteiger partial charge in [0.25, 0.3) is 0 Å². The van der Waals surface area contributed by atoms with Crippen LogP contribution in [-0.4, -0.2) is 21.5 Å². The lowest BCUT2D eigenvalue weighted by molar-refractivity contribution is 0.326. The van der Waals surface area contributed by atoms with Gasteiger partial charge in [0.15, 0.2) is 5.82 Å². The van der Waals surface area contributed by atoms with E-state index in [1.807, 2.05) is 18.2 Å². The zero-order valence-corrected chi connectivity index (χ0v) is 15.6. The molecule has 1 saturated heterocycles. The predicted octanol–water partition coefficient (Wildman–Crippen LogP) is 4.60. The Morgan fingerprint density at radius 2 is 2.00 bits per heavy atom. The number of pyridine rings is 1. The summed E-state index contributed by atoms with van der Waals surface area (Å²) < 4.78 is 5.81. The van der Waals surface area contributed by atoms with Gasteiger partial charge < -0.3 is 9.32 Å². The summed E-state index contributed by atoms with van der Waals surface area (Å²) in [5.41, 5.74) is 3.57. The summed E-state index contributed by atoms with van der Waals surface area (Å²) in [5.74, 6) is 3.64. The van der Waals surface area contributed by atoms with Crippen LogP contribution in [0, 0.1) is 5.92 Å². The Hall–Kier alpha value is -2.69. The van der Waals surface area contributed by atoms with Crippen molar-refractivity contribution in [3.8, 4) is 11.4 Å². The smallest absolute Gasteiger partial charge is 0.161 e. The molecule has 2 atom stereocenters. The minimum Gasteiger partial charge on any atom is -0.467 e. The van der Waals surface area contributed by atoms with E-state index in [4.69, 9.17) is 14.4 Å². The van der Waals surface area contributed by atoms with Gasteiger partial charge >= 0.3 is 0 Å². The first-order valence-electron chi connectivity index (χ1n) is 9.90. The van der Waals surface area contributed by atoms with E-state index in [9.17, 15) is 0 Å². The third kappa shape index (κ3) is 3.01. The molecular weight excluding hydrogens is 336 g/mol. The van der Waals surface area contributed by atoms with E-state index < -0.39 is 0 Å². The lowest BCUT2D eigenvalue weighted by Gasteiger charge is -2.39. The number of rotatable bonds is 3. The average molecular weight is 360 g/mol. The number of nitrogens with zero attached hydrogens (tertiary/aromatic N) is 4. The fourth-order valence-electron chi connectivity index (χ4n) is 4.43. The first-order valence-corrected chi connectivity index (χ1v) is 9.90. The molecule has 1 aliphatic heterocycles. The fraction of sp³-hybridized carbons (Fsp3) is 0.409. The number of furan rings is 1. The quantitative estimate of drug-likeness (QED) is 0.683. The van der Waals surface area contributed by atoms with Crippen molar-refractivity contribution >= 4 is 5.82 Å². The summed E-state index contributed by atoms with van der Waals surface area (Å²) in [5, 5.41) is 0. The maximum Gasteiger partial charge on any atom is 0.161 e. The van der Waals surface area contributed by atoms with Crippen LogP contribution in [0.15, 0.2) is 47.3 Å². The molecule has 0 radical (unpaired) electrons. The zero-order valence-electron chi connectivity index (χ0n) is 15.6. The third-order valence-electron chi connectivity index (χ3n) is 5.86. The number of fused-ring (bicyclic) bond motifs is 1. The molecule has 2 unspecified atom stereocenters. The van der Waals surface area contributed by atoms with E-state index in [-0.39, 0.29) is 6.04 Å². The largest absolute Gasteiger partial charge is 0.467 e. The molecule has 3 aromatic heterocycles. The van der Waals surface area contributed by atoms with Crippen molar-refractivity contribution in [1.29, 1.82) is 0 Å². The molecule has 0 spiro atoms. The van der Waals surface area contributed by atoms with Gasteiger partial charge in [-0.25, -0.2) is 9.97 Å². The molecule has 0 bridgehead atoms. The molecular formula is C22H24N4O. The molecule has 1 aliphatic carbocycles. The highest BCUT2D eigenvalue weighted by Crippen LogP contribution is 2.41. The van der Waals surface area contributed by atoms with Crippen LogP contribution in [0.25, 0.3) is 11.4 Å². The van der Waals surface area contributed by atoms with E-state index in [1.165, 1.54) is 17.7 Å².